The standard InChI is InChI=1S/C43H25N3OS/c1-2-11-27(12-3-1)41-44-42(46-43(45-41)34-16-9-19-38-40(34)32-14-6-7-18-37(32)48-38)33-15-8-17-35-39(33)31-23-22-30(25-36(31)47-35)29-21-20-26-10-4-5-13-28(26)24-29/h1-25H. The van der Waals surface area contributed by atoms with Gasteiger partial charge in [-0.2, -0.15) is 0 Å². The summed E-state index contributed by atoms with van der Waals surface area (Å²) < 4.78 is 8.98. The lowest BCUT2D eigenvalue weighted by Gasteiger charge is -2.10. The van der Waals surface area contributed by atoms with Crippen molar-refractivity contribution in [2.75, 3.05) is 0 Å². The van der Waals surface area contributed by atoms with E-state index >= 15 is 0 Å². The van der Waals surface area contributed by atoms with E-state index < -0.39 is 0 Å². The van der Waals surface area contributed by atoms with Gasteiger partial charge in [0.25, 0.3) is 0 Å². The van der Waals surface area contributed by atoms with Crippen molar-refractivity contribution in [2.45, 2.75) is 0 Å². The van der Waals surface area contributed by atoms with E-state index in [2.05, 4.69) is 109 Å². The molecule has 4 nitrogen and oxygen atoms in total. The first-order valence-corrected chi connectivity index (χ1v) is 16.8. The second-order valence-corrected chi connectivity index (χ2v) is 13.1. The molecule has 0 atom stereocenters. The molecular weight excluding hydrogens is 607 g/mol. The highest BCUT2D eigenvalue weighted by Crippen LogP contribution is 2.41. The van der Waals surface area contributed by atoms with Crippen molar-refractivity contribution in [3.63, 3.8) is 0 Å². The van der Waals surface area contributed by atoms with Crippen molar-refractivity contribution >= 4 is 64.2 Å². The van der Waals surface area contributed by atoms with Gasteiger partial charge in [-0.25, -0.2) is 15.0 Å². The Morgan fingerprint density at radius 2 is 1.06 bits per heavy atom. The molecule has 0 saturated carbocycles. The monoisotopic (exact) mass is 631 g/mol. The molecule has 0 aliphatic rings. The minimum absolute atomic E-state index is 0.613. The smallest absolute Gasteiger partial charge is 0.164 e. The molecule has 0 fully saturated rings. The molecule has 10 aromatic rings. The fraction of sp³-hybridized carbons (Fsp3) is 0. The number of hydrogen-bond donors (Lipinski definition) is 0. The highest BCUT2D eigenvalue weighted by Gasteiger charge is 2.20. The van der Waals surface area contributed by atoms with Gasteiger partial charge in [-0.1, -0.05) is 115 Å². The summed E-state index contributed by atoms with van der Waals surface area (Å²) in [4.78, 5) is 15.4. The number of nitrogens with zero attached hydrogens (tertiary/aromatic N) is 3. The molecule has 0 radical (unpaired) electrons. The molecule has 0 saturated heterocycles. The first-order chi connectivity index (χ1) is 23.8. The van der Waals surface area contributed by atoms with Gasteiger partial charge in [0.15, 0.2) is 17.5 Å². The van der Waals surface area contributed by atoms with E-state index in [0.29, 0.717) is 17.5 Å². The van der Waals surface area contributed by atoms with Crippen molar-refractivity contribution in [3.8, 4) is 45.3 Å². The molecule has 0 bridgehead atoms. The zero-order valence-electron chi connectivity index (χ0n) is 25.6. The van der Waals surface area contributed by atoms with E-state index in [1.807, 2.05) is 42.5 Å². The van der Waals surface area contributed by atoms with Crippen LogP contribution in [0.1, 0.15) is 0 Å². The normalized spacial score (nSPS) is 11.8. The summed E-state index contributed by atoms with van der Waals surface area (Å²) in [6.45, 7) is 0. The van der Waals surface area contributed by atoms with Crippen LogP contribution in [0.5, 0.6) is 0 Å². The van der Waals surface area contributed by atoms with Gasteiger partial charge in [0.05, 0.1) is 0 Å². The van der Waals surface area contributed by atoms with Crippen LogP contribution in [0.3, 0.4) is 0 Å². The van der Waals surface area contributed by atoms with Crippen LogP contribution >= 0.6 is 11.3 Å². The molecule has 3 aromatic heterocycles. The quantitative estimate of drug-likeness (QED) is 0.194. The first-order valence-electron chi connectivity index (χ1n) is 15.9. The summed E-state index contributed by atoms with van der Waals surface area (Å²) in [5, 5.41) is 6.84. The molecule has 0 spiro atoms. The summed E-state index contributed by atoms with van der Waals surface area (Å²) in [6.07, 6.45) is 0. The fourth-order valence-electron chi connectivity index (χ4n) is 6.85. The van der Waals surface area contributed by atoms with Crippen LogP contribution in [-0.2, 0) is 0 Å². The fourth-order valence-corrected chi connectivity index (χ4v) is 7.99. The SMILES string of the molecule is c1ccc(-c2nc(-c3cccc4oc5cc(-c6ccc7ccccc7c6)ccc5c34)nc(-c3cccc4sc5ccccc5c34)n2)cc1. The van der Waals surface area contributed by atoms with Crippen molar-refractivity contribution in [1.82, 2.24) is 15.0 Å². The largest absolute Gasteiger partial charge is 0.456 e. The van der Waals surface area contributed by atoms with Crippen LogP contribution in [0, 0.1) is 0 Å². The van der Waals surface area contributed by atoms with Crippen LogP contribution in [0.4, 0.5) is 0 Å². The molecule has 48 heavy (non-hydrogen) atoms. The maximum Gasteiger partial charge on any atom is 0.164 e. The van der Waals surface area contributed by atoms with E-state index in [1.54, 1.807) is 11.3 Å². The molecule has 10 rings (SSSR count). The summed E-state index contributed by atoms with van der Waals surface area (Å²) in [7, 11) is 0. The lowest BCUT2D eigenvalue weighted by Crippen LogP contribution is -2.00. The van der Waals surface area contributed by atoms with E-state index in [9.17, 15) is 0 Å². The van der Waals surface area contributed by atoms with E-state index in [1.165, 1.54) is 30.9 Å². The molecule has 0 aliphatic carbocycles. The molecule has 3 heterocycles. The predicted octanol–water partition coefficient (Wildman–Crippen LogP) is 12.0. The van der Waals surface area contributed by atoms with Gasteiger partial charge in [0, 0.05) is 47.6 Å². The number of furan rings is 1. The van der Waals surface area contributed by atoms with Gasteiger partial charge < -0.3 is 4.42 Å². The Labute approximate surface area is 279 Å². The van der Waals surface area contributed by atoms with Crippen LogP contribution in [0.25, 0.3) is 98.2 Å². The van der Waals surface area contributed by atoms with Crippen LogP contribution in [0.15, 0.2) is 156 Å². The van der Waals surface area contributed by atoms with Crippen LogP contribution in [0.2, 0.25) is 0 Å². The predicted molar refractivity (Wildman–Crippen MR) is 199 cm³/mol. The molecule has 0 N–H and O–H groups in total. The Bertz CT molecular complexity index is 2850. The van der Waals surface area contributed by atoms with Crippen LogP contribution in [-0.4, -0.2) is 15.0 Å². The highest BCUT2D eigenvalue weighted by molar-refractivity contribution is 7.25. The van der Waals surface area contributed by atoms with Gasteiger partial charge in [-0.15, -0.1) is 11.3 Å². The Balaban J connectivity index is 1.19. The number of aromatic nitrogens is 3. The lowest BCUT2D eigenvalue weighted by atomic mass is 9.99. The Morgan fingerprint density at radius 1 is 0.396 bits per heavy atom. The van der Waals surface area contributed by atoms with Gasteiger partial charge in [-0.3, -0.25) is 0 Å². The van der Waals surface area contributed by atoms with E-state index in [0.717, 1.165) is 49.8 Å². The van der Waals surface area contributed by atoms with Crippen molar-refractivity contribution in [1.29, 1.82) is 0 Å². The van der Waals surface area contributed by atoms with Crippen LogP contribution < -0.4 is 0 Å². The van der Waals surface area contributed by atoms with Crippen molar-refractivity contribution < 1.29 is 4.42 Å². The number of benzene rings is 7. The van der Waals surface area contributed by atoms with Gasteiger partial charge in [-0.05, 0) is 58.3 Å². The lowest BCUT2D eigenvalue weighted by molar-refractivity contribution is 0.669. The Kier molecular flexibility index (Phi) is 6.01. The third-order valence-corrected chi connectivity index (χ3v) is 10.3. The molecule has 7 aromatic carbocycles. The molecule has 0 amide bonds. The summed E-state index contributed by atoms with van der Waals surface area (Å²) in [5.74, 6) is 1.90. The second kappa shape index (κ2) is 10.7. The zero-order chi connectivity index (χ0) is 31.6. The van der Waals surface area contributed by atoms with E-state index in [-0.39, 0.29) is 0 Å². The molecule has 0 aliphatic heterocycles. The number of fused-ring (bicyclic) bond motifs is 7. The highest BCUT2D eigenvalue weighted by atomic mass is 32.1. The third kappa shape index (κ3) is 4.33. The minimum Gasteiger partial charge on any atom is -0.456 e. The maximum atomic E-state index is 6.52. The Morgan fingerprint density at radius 3 is 1.94 bits per heavy atom. The van der Waals surface area contributed by atoms with Gasteiger partial charge in [0.2, 0.25) is 0 Å². The average molecular weight is 632 g/mol. The van der Waals surface area contributed by atoms with Crippen molar-refractivity contribution in [3.05, 3.63) is 152 Å². The molecular formula is C43H25N3OS. The maximum absolute atomic E-state index is 6.52. The number of hydrogen-bond acceptors (Lipinski definition) is 5. The van der Waals surface area contributed by atoms with E-state index in [4.69, 9.17) is 19.4 Å². The average Bonchev–Trinajstić information content (AvgIpc) is 3.73. The van der Waals surface area contributed by atoms with Crippen molar-refractivity contribution in [2.24, 2.45) is 0 Å². The Hall–Kier alpha value is -6.17. The van der Waals surface area contributed by atoms with Gasteiger partial charge >= 0.3 is 0 Å². The topological polar surface area (TPSA) is 51.8 Å². The summed E-state index contributed by atoms with van der Waals surface area (Å²) in [6, 6.07) is 52.7. The minimum atomic E-state index is 0.613. The molecule has 224 valence electrons. The third-order valence-electron chi connectivity index (χ3n) is 9.13. The zero-order valence-corrected chi connectivity index (χ0v) is 26.4. The summed E-state index contributed by atoms with van der Waals surface area (Å²) >= 11 is 1.79. The van der Waals surface area contributed by atoms with Gasteiger partial charge in [0.1, 0.15) is 11.2 Å². The number of thiophene rings is 1. The summed E-state index contributed by atoms with van der Waals surface area (Å²) in [5.41, 5.74) is 6.74. The molecule has 0 unspecified atom stereocenters. The number of rotatable bonds is 4. The second-order valence-electron chi connectivity index (χ2n) is 12.0. The molecule has 5 heteroatoms. The first kappa shape index (κ1) is 27.0.